The first-order valence-electron chi connectivity index (χ1n) is 11.5. The minimum atomic E-state index is -2.27. The number of ketones is 1. The number of carbonyl (C=O) groups excluding carboxylic acids is 1. The number of hydrogen-bond donors (Lipinski definition) is 4. The summed E-state index contributed by atoms with van der Waals surface area (Å²) in [4.78, 5) is 34.6. The molecule has 2 heterocycles. The summed E-state index contributed by atoms with van der Waals surface area (Å²) in [6, 6.07) is 13.8. The lowest BCUT2D eigenvalue weighted by Gasteiger charge is -2.19. The summed E-state index contributed by atoms with van der Waals surface area (Å²) in [5.74, 6) is -3.04. The van der Waals surface area contributed by atoms with E-state index in [2.05, 4.69) is 11.8 Å². The predicted molar refractivity (Wildman–Crippen MR) is 127 cm³/mol. The molecule has 1 aromatic heterocycles. The van der Waals surface area contributed by atoms with Crippen molar-refractivity contribution in [2.24, 2.45) is 0 Å². The molecule has 9 nitrogen and oxygen atoms in total. The zero-order valence-electron chi connectivity index (χ0n) is 19.6. The fourth-order valence-electron chi connectivity index (χ4n) is 3.98. The summed E-state index contributed by atoms with van der Waals surface area (Å²) in [6.07, 6.45) is -1.11. The van der Waals surface area contributed by atoms with Crippen LogP contribution in [0.25, 0.3) is 11.0 Å². The van der Waals surface area contributed by atoms with E-state index in [1.165, 1.54) is 37.1 Å². The van der Waals surface area contributed by atoms with E-state index >= 15 is 0 Å². The van der Waals surface area contributed by atoms with Gasteiger partial charge in [-0.05, 0) is 74.8 Å². The molecular weight excluding hydrogens is 473 g/mol. The molecule has 0 bridgehead atoms. The van der Waals surface area contributed by atoms with Gasteiger partial charge in [0.15, 0.2) is 18.0 Å². The number of carboxylic acids is 2. The summed E-state index contributed by atoms with van der Waals surface area (Å²) in [6.45, 7) is 4.44. The van der Waals surface area contributed by atoms with Crippen molar-refractivity contribution in [2.45, 2.75) is 44.4 Å². The van der Waals surface area contributed by atoms with Gasteiger partial charge in [0.2, 0.25) is 0 Å². The molecule has 2 aromatic carbocycles. The Hall–Kier alpha value is -3.60. The lowest BCUT2D eigenvalue weighted by Crippen LogP contribution is -2.39. The summed E-state index contributed by atoms with van der Waals surface area (Å²) in [5.41, 5.74) is 1.87. The molecule has 1 saturated heterocycles. The monoisotopic (exact) mass is 501 g/mol. The molecule has 1 fully saturated rings. The Bertz CT molecular complexity index is 1200. The molecule has 1 aliphatic rings. The van der Waals surface area contributed by atoms with E-state index in [4.69, 9.17) is 24.8 Å². The van der Waals surface area contributed by atoms with Crippen molar-refractivity contribution in [3.05, 3.63) is 71.2 Å². The largest absolute Gasteiger partial charge is 0.479 e. The van der Waals surface area contributed by atoms with Crippen LogP contribution in [-0.4, -0.2) is 74.4 Å². The summed E-state index contributed by atoms with van der Waals surface area (Å²) < 4.78 is 19.0. The van der Waals surface area contributed by atoms with Crippen LogP contribution in [0.5, 0.6) is 0 Å². The minimum Gasteiger partial charge on any atom is -0.479 e. The average molecular weight is 502 g/mol. The van der Waals surface area contributed by atoms with Crippen LogP contribution in [0, 0.1) is 5.82 Å². The maximum atomic E-state index is 13.0. The molecule has 3 aromatic rings. The first-order valence-corrected chi connectivity index (χ1v) is 11.5. The summed E-state index contributed by atoms with van der Waals surface area (Å²) in [5, 5.41) is 33.5. The van der Waals surface area contributed by atoms with Gasteiger partial charge in [-0.1, -0.05) is 0 Å². The van der Waals surface area contributed by atoms with Gasteiger partial charge >= 0.3 is 11.9 Å². The van der Waals surface area contributed by atoms with E-state index < -0.39 is 24.1 Å². The maximum absolute atomic E-state index is 13.0. The van der Waals surface area contributed by atoms with Crippen LogP contribution in [0.15, 0.2) is 52.9 Å². The number of aliphatic carboxylic acids is 2. The minimum absolute atomic E-state index is 0.111. The van der Waals surface area contributed by atoms with Gasteiger partial charge in [0.25, 0.3) is 0 Å². The number of furan rings is 1. The van der Waals surface area contributed by atoms with Crippen molar-refractivity contribution in [1.82, 2.24) is 4.90 Å². The second-order valence-corrected chi connectivity index (χ2v) is 8.64. The van der Waals surface area contributed by atoms with Crippen molar-refractivity contribution >= 4 is 28.7 Å². The van der Waals surface area contributed by atoms with Gasteiger partial charge < -0.3 is 29.7 Å². The van der Waals surface area contributed by atoms with Crippen molar-refractivity contribution in [1.29, 1.82) is 0 Å². The van der Waals surface area contributed by atoms with Gasteiger partial charge in [0, 0.05) is 35.5 Å². The molecule has 0 aliphatic carbocycles. The number of likely N-dealkylation sites (tertiary alicyclic amines) is 1. The zero-order chi connectivity index (χ0) is 26.4. The van der Waals surface area contributed by atoms with E-state index in [1.54, 1.807) is 6.07 Å². The first kappa shape index (κ1) is 27.0. The van der Waals surface area contributed by atoms with E-state index in [0.29, 0.717) is 17.2 Å². The Morgan fingerprint density at radius 1 is 1.00 bits per heavy atom. The van der Waals surface area contributed by atoms with Gasteiger partial charge in [-0.15, -0.1) is 0 Å². The zero-order valence-corrected chi connectivity index (χ0v) is 19.6. The third-order valence-electron chi connectivity index (χ3n) is 6.08. The van der Waals surface area contributed by atoms with Crippen LogP contribution in [0.1, 0.15) is 41.4 Å². The molecule has 3 atom stereocenters. The molecule has 0 spiro atoms. The fourth-order valence-corrected chi connectivity index (χ4v) is 3.98. The smallest absolute Gasteiger partial charge is 0.335 e. The average Bonchev–Trinajstić information content (AvgIpc) is 3.46. The van der Waals surface area contributed by atoms with Crippen molar-refractivity contribution < 1.29 is 43.6 Å². The molecule has 0 saturated carbocycles. The van der Waals surface area contributed by atoms with Gasteiger partial charge in [-0.25, -0.2) is 14.0 Å². The lowest BCUT2D eigenvalue weighted by atomic mass is 10.0. The predicted octanol–water partition coefficient (Wildman–Crippen LogP) is 2.71. The Balaban J connectivity index is 0.000000308. The molecule has 0 amide bonds. The van der Waals surface area contributed by atoms with Crippen molar-refractivity contribution in [2.75, 3.05) is 13.1 Å². The number of nitrogens with zero attached hydrogens (tertiary/aromatic N) is 1. The number of rotatable bonds is 8. The Morgan fingerprint density at radius 3 is 2.17 bits per heavy atom. The van der Waals surface area contributed by atoms with Crippen LogP contribution >= 0.6 is 0 Å². The summed E-state index contributed by atoms with van der Waals surface area (Å²) >= 11 is 0. The molecule has 10 heteroatoms. The molecular formula is C26H28FNO8. The highest BCUT2D eigenvalue weighted by atomic mass is 19.1. The van der Waals surface area contributed by atoms with E-state index in [9.17, 15) is 18.8 Å². The Kier molecular flexibility index (Phi) is 8.92. The van der Waals surface area contributed by atoms with E-state index in [1.807, 2.05) is 18.2 Å². The molecule has 0 radical (unpaired) electrons. The number of carbonyl (C=O) groups is 3. The normalized spacial score (nSPS) is 17.3. The fraction of sp³-hybridized carbons (Fsp3) is 0.346. The van der Waals surface area contributed by atoms with E-state index in [-0.39, 0.29) is 11.6 Å². The number of aliphatic hydroxyl groups excluding tert-OH is 2. The van der Waals surface area contributed by atoms with Gasteiger partial charge in [-0.2, -0.15) is 0 Å². The third-order valence-corrected chi connectivity index (χ3v) is 6.08. The SMILES string of the molecule is C[C@@H]1CCCN1CCc1cc2cc(C(=O)c3ccc(F)cc3)ccc2o1.O=C(O)[C@H](O)[C@@H](O)C(=O)O. The Labute approximate surface area is 206 Å². The van der Waals surface area contributed by atoms with Crippen LogP contribution in [0.2, 0.25) is 0 Å². The van der Waals surface area contributed by atoms with Gasteiger partial charge in [0.1, 0.15) is 17.2 Å². The maximum Gasteiger partial charge on any atom is 0.335 e. The second kappa shape index (κ2) is 11.9. The van der Waals surface area contributed by atoms with Crippen molar-refractivity contribution in [3.63, 3.8) is 0 Å². The second-order valence-electron chi connectivity index (χ2n) is 8.64. The number of aliphatic hydroxyl groups is 2. The molecule has 1 aliphatic heterocycles. The quantitative estimate of drug-likeness (QED) is 0.342. The van der Waals surface area contributed by atoms with Crippen molar-refractivity contribution in [3.8, 4) is 0 Å². The third kappa shape index (κ3) is 6.75. The highest BCUT2D eigenvalue weighted by Gasteiger charge is 2.29. The molecule has 36 heavy (non-hydrogen) atoms. The number of fused-ring (bicyclic) bond motifs is 1. The highest BCUT2D eigenvalue weighted by Crippen LogP contribution is 2.24. The van der Waals surface area contributed by atoms with Gasteiger partial charge in [0.05, 0.1) is 0 Å². The topological polar surface area (TPSA) is 149 Å². The molecule has 0 unspecified atom stereocenters. The molecule has 192 valence electrons. The Morgan fingerprint density at radius 2 is 1.61 bits per heavy atom. The number of carboxylic acid groups (broad SMARTS) is 2. The van der Waals surface area contributed by atoms with Gasteiger partial charge in [-0.3, -0.25) is 4.79 Å². The lowest BCUT2D eigenvalue weighted by molar-refractivity contribution is -0.165. The van der Waals surface area contributed by atoms with Crippen LogP contribution in [0.3, 0.4) is 0 Å². The van der Waals surface area contributed by atoms with Crippen LogP contribution in [0.4, 0.5) is 4.39 Å². The number of benzene rings is 2. The van der Waals surface area contributed by atoms with Crippen LogP contribution < -0.4 is 0 Å². The summed E-state index contributed by atoms with van der Waals surface area (Å²) in [7, 11) is 0. The molecule has 4 rings (SSSR count). The highest BCUT2D eigenvalue weighted by molar-refractivity contribution is 6.10. The number of halogens is 1. The number of hydrogen-bond acceptors (Lipinski definition) is 7. The van der Waals surface area contributed by atoms with E-state index in [0.717, 1.165) is 36.2 Å². The van der Waals surface area contributed by atoms with Crippen LogP contribution in [-0.2, 0) is 16.0 Å². The first-order chi connectivity index (χ1) is 17.1. The standard InChI is InChI=1S/C22H22FNO2.C4H6O6/c1-15-3-2-11-24(15)12-10-20-14-18-13-17(6-9-21(18)26-20)22(25)16-4-7-19(23)8-5-16;5-1(3(7)8)2(6)4(9)10/h4-9,13-15H,2-3,10-12H2,1H3;1-2,5-6H,(H,7,8)(H,9,10)/t15-;1-,2-/m11/s1. The molecule has 4 N–H and O–H groups in total.